The Morgan fingerprint density at radius 2 is 1.53 bits per heavy atom. The SMILES string of the molecule is N#Cc1c(NC(=O)CON=Cc2ccccc2)oc(-c2ccccc2)c1-c1ccccc1. The van der Waals surface area contributed by atoms with E-state index in [2.05, 4.69) is 16.5 Å². The molecule has 0 fully saturated rings. The summed E-state index contributed by atoms with van der Waals surface area (Å²) in [6, 6.07) is 30.5. The topological polar surface area (TPSA) is 87.6 Å². The van der Waals surface area contributed by atoms with E-state index in [1.165, 1.54) is 6.21 Å². The molecule has 1 heterocycles. The molecule has 3 aromatic carbocycles. The zero-order valence-corrected chi connectivity index (χ0v) is 17.1. The highest BCUT2D eigenvalue weighted by Gasteiger charge is 2.24. The van der Waals surface area contributed by atoms with Crippen molar-refractivity contribution < 1.29 is 14.0 Å². The Morgan fingerprint density at radius 3 is 2.16 bits per heavy atom. The number of oxime groups is 1. The van der Waals surface area contributed by atoms with E-state index in [0.717, 1.165) is 16.7 Å². The van der Waals surface area contributed by atoms with Crippen molar-refractivity contribution in [3.63, 3.8) is 0 Å². The standard InChI is InChI=1S/C26H19N3O3/c27-16-22-24(20-12-6-2-7-13-20)25(21-14-8-3-9-15-21)32-26(22)29-23(30)18-31-28-17-19-10-4-1-5-11-19/h1-15,17H,18H2,(H,29,30). The number of hydrogen-bond donors (Lipinski definition) is 1. The summed E-state index contributed by atoms with van der Waals surface area (Å²) >= 11 is 0. The predicted molar refractivity (Wildman–Crippen MR) is 123 cm³/mol. The highest BCUT2D eigenvalue weighted by Crippen LogP contribution is 2.41. The smallest absolute Gasteiger partial charge is 0.267 e. The Morgan fingerprint density at radius 1 is 0.938 bits per heavy atom. The number of nitriles is 1. The number of furan rings is 1. The predicted octanol–water partition coefficient (Wildman–Crippen LogP) is 5.47. The molecule has 0 bridgehead atoms. The van der Waals surface area contributed by atoms with Gasteiger partial charge in [-0.05, 0) is 11.1 Å². The van der Waals surface area contributed by atoms with E-state index in [9.17, 15) is 10.1 Å². The monoisotopic (exact) mass is 421 g/mol. The zero-order valence-electron chi connectivity index (χ0n) is 17.1. The van der Waals surface area contributed by atoms with Crippen molar-refractivity contribution in [2.75, 3.05) is 11.9 Å². The number of nitrogens with zero attached hydrogens (tertiary/aromatic N) is 2. The Balaban J connectivity index is 1.57. The zero-order chi connectivity index (χ0) is 22.2. The van der Waals surface area contributed by atoms with Crippen LogP contribution in [0.15, 0.2) is 101 Å². The molecule has 6 nitrogen and oxygen atoms in total. The molecule has 0 aliphatic heterocycles. The molecule has 0 spiro atoms. The van der Waals surface area contributed by atoms with Crippen LogP contribution >= 0.6 is 0 Å². The molecule has 1 N–H and O–H groups in total. The number of rotatable bonds is 7. The lowest BCUT2D eigenvalue weighted by Crippen LogP contribution is -2.17. The van der Waals surface area contributed by atoms with Gasteiger partial charge in [-0.2, -0.15) is 5.26 Å². The van der Waals surface area contributed by atoms with Gasteiger partial charge in [0.1, 0.15) is 17.4 Å². The third-order valence-corrected chi connectivity index (χ3v) is 4.64. The molecule has 0 aliphatic rings. The fourth-order valence-electron chi connectivity index (χ4n) is 3.19. The van der Waals surface area contributed by atoms with Crippen LogP contribution in [-0.4, -0.2) is 18.7 Å². The molecule has 4 aromatic rings. The maximum absolute atomic E-state index is 12.4. The van der Waals surface area contributed by atoms with Crippen molar-refractivity contribution >= 4 is 18.0 Å². The summed E-state index contributed by atoms with van der Waals surface area (Å²) in [5, 5.41) is 16.3. The minimum absolute atomic E-state index is 0.0749. The van der Waals surface area contributed by atoms with Crippen molar-refractivity contribution in [2.45, 2.75) is 0 Å². The maximum Gasteiger partial charge on any atom is 0.267 e. The molecule has 0 saturated heterocycles. The molecule has 0 atom stereocenters. The first-order chi connectivity index (χ1) is 15.8. The Kier molecular flexibility index (Phi) is 6.39. The summed E-state index contributed by atoms with van der Waals surface area (Å²) in [7, 11) is 0. The van der Waals surface area contributed by atoms with E-state index in [1.807, 2.05) is 91.0 Å². The van der Waals surface area contributed by atoms with E-state index >= 15 is 0 Å². The summed E-state index contributed by atoms with van der Waals surface area (Å²) in [5.74, 6) is 0.0946. The largest absolute Gasteiger partial charge is 0.438 e. The summed E-state index contributed by atoms with van der Waals surface area (Å²) in [4.78, 5) is 17.5. The highest BCUT2D eigenvalue weighted by atomic mass is 16.6. The second kappa shape index (κ2) is 9.92. The summed E-state index contributed by atoms with van der Waals surface area (Å²) in [6.07, 6.45) is 1.52. The first kappa shape index (κ1) is 20.6. The van der Waals surface area contributed by atoms with Gasteiger partial charge in [-0.1, -0.05) is 96.2 Å². The lowest BCUT2D eigenvalue weighted by Gasteiger charge is -2.03. The molecule has 1 amide bonds. The third-order valence-electron chi connectivity index (χ3n) is 4.64. The van der Waals surface area contributed by atoms with Gasteiger partial charge in [0.15, 0.2) is 6.61 Å². The first-order valence-electron chi connectivity index (χ1n) is 9.94. The lowest BCUT2D eigenvalue weighted by molar-refractivity contribution is -0.120. The molecule has 0 saturated carbocycles. The minimum atomic E-state index is -0.486. The molecule has 0 aliphatic carbocycles. The van der Waals surface area contributed by atoms with Crippen molar-refractivity contribution in [1.82, 2.24) is 0 Å². The quantitative estimate of drug-likeness (QED) is 0.316. The number of hydrogen-bond acceptors (Lipinski definition) is 5. The molecular formula is C26H19N3O3. The molecular weight excluding hydrogens is 402 g/mol. The third kappa shape index (κ3) is 4.74. The number of carbonyl (C=O) groups excluding carboxylic acids is 1. The van der Waals surface area contributed by atoms with Crippen LogP contribution in [-0.2, 0) is 9.63 Å². The fraction of sp³-hybridized carbons (Fsp3) is 0.0385. The van der Waals surface area contributed by atoms with Gasteiger partial charge in [0, 0.05) is 11.1 Å². The molecule has 6 heteroatoms. The van der Waals surface area contributed by atoms with E-state index < -0.39 is 5.91 Å². The molecule has 156 valence electrons. The van der Waals surface area contributed by atoms with Gasteiger partial charge in [0.25, 0.3) is 5.91 Å². The van der Waals surface area contributed by atoms with E-state index in [0.29, 0.717) is 11.3 Å². The second-order valence-corrected chi connectivity index (χ2v) is 6.82. The minimum Gasteiger partial charge on any atom is -0.438 e. The van der Waals surface area contributed by atoms with Gasteiger partial charge >= 0.3 is 0 Å². The average molecular weight is 421 g/mol. The van der Waals surface area contributed by atoms with Gasteiger partial charge in [0.05, 0.1) is 6.21 Å². The van der Waals surface area contributed by atoms with E-state index in [4.69, 9.17) is 9.25 Å². The fourth-order valence-corrected chi connectivity index (χ4v) is 3.19. The van der Waals surface area contributed by atoms with Crippen LogP contribution in [0.5, 0.6) is 0 Å². The van der Waals surface area contributed by atoms with Crippen LogP contribution in [0.25, 0.3) is 22.5 Å². The van der Waals surface area contributed by atoms with Crippen LogP contribution in [0.3, 0.4) is 0 Å². The maximum atomic E-state index is 12.4. The van der Waals surface area contributed by atoms with Crippen LogP contribution in [0.1, 0.15) is 11.1 Å². The normalized spacial score (nSPS) is 10.6. The average Bonchev–Trinajstić information content (AvgIpc) is 3.21. The van der Waals surface area contributed by atoms with Gasteiger partial charge in [0.2, 0.25) is 5.88 Å². The van der Waals surface area contributed by atoms with Crippen LogP contribution in [0.2, 0.25) is 0 Å². The molecule has 4 rings (SSSR count). The van der Waals surface area contributed by atoms with Gasteiger partial charge in [-0.3, -0.25) is 10.1 Å². The van der Waals surface area contributed by atoms with Gasteiger partial charge in [-0.25, -0.2) is 0 Å². The molecule has 1 aromatic heterocycles. The Labute approximate surface area is 185 Å². The summed E-state index contributed by atoms with van der Waals surface area (Å²) in [5.41, 5.74) is 3.34. The Bertz CT molecular complexity index is 1260. The highest BCUT2D eigenvalue weighted by molar-refractivity contribution is 5.96. The second-order valence-electron chi connectivity index (χ2n) is 6.82. The van der Waals surface area contributed by atoms with Crippen molar-refractivity contribution in [3.8, 4) is 28.5 Å². The van der Waals surface area contributed by atoms with Crippen LogP contribution in [0, 0.1) is 11.3 Å². The Hall–Kier alpha value is -4.63. The van der Waals surface area contributed by atoms with E-state index in [-0.39, 0.29) is 18.1 Å². The van der Waals surface area contributed by atoms with Gasteiger partial charge in [-0.15, -0.1) is 0 Å². The molecule has 0 unspecified atom stereocenters. The number of amides is 1. The van der Waals surface area contributed by atoms with Crippen molar-refractivity contribution in [2.24, 2.45) is 5.16 Å². The lowest BCUT2D eigenvalue weighted by atomic mass is 9.98. The van der Waals surface area contributed by atoms with Crippen LogP contribution < -0.4 is 5.32 Å². The molecule has 32 heavy (non-hydrogen) atoms. The number of anilines is 1. The van der Waals surface area contributed by atoms with Gasteiger partial charge < -0.3 is 9.25 Å². The number of nitrogens with one attached hydrogen (secondary N) is 1. The number of carbonyl (C=O) groups is 1. The summed E-state index contributed by atoms with van der Waals surface area (Å²) < 4.78 is 5.98. The van der Waals surface area contributed by atoms with E-state index in [1.54, 1.807) is 0 Å². The molecule has 0 radical (unpaired) electrons. The van der Waals surface area contributed by atoms with Crippen molar-refractivity contribution in [3.05, 3.63) is 102 Å². The number of benzene rings is 3. The van der Waals surface area contributed by atoms with Crippen LogP contribution in [0.4, 0.5) is 5.88 Å². The van der Waals surface area contributed by atoms with Crippen molar-refractivity contribution in [1.29, 1.82) is 5.26 Å². The first-order valence-corrected chi connectivity index (χ1v) is 9.94. The summed E-state index contributed by atoms with van der Waals surface area (Å²) in [6.45, 7) is -0.323.